The molecular formula is C17H21NO3. The number of hydrogen-bond acceptors (Lipinski definition) is 3. The van der Waals surface area contributed by atoms with E-state index < -0.39 is 5.60 Å². The maximum Gasteiger partial charge on any atom is 0.314 e. The molecule has 0 spiro atoms. The molecule has 2 aromatic rings. The number of hydrogen-bond donors (Lipinski definition) is 2. The van der Waals surface area contributed by atoms with E-state index in [9.17, 15) is 9.90 Å². The first kappa shape index (κ1) is 14.0. The molecule has 21 heavy (non-hydrogen) atoms. The van der Waals surface area contributed by atoms with Crippen LogP contribution in [-0.4, -0.2) is 21.7 Å². The number of carbonyl (C=O) groups excluding carboxylic acids is 1. The summed E-state index contributed by atoms with van der Waals surface area (Å²) in [4.78, 5) is 15.9. The second-order valence-electron chi connectivity index (χ2n) is 6.73. The quantitative estimate of drug-likeness (QED) is 0.787. The smallest absolute Gasteiger partial charge is 0.314 e. The number of carbonyl (C=O) groups is 1. The minimum atomic E-state index is -0.483. The maximum absolute atomic E-state index is 12.5. The molecule has 1 aliphatic rings. The summed E-state index contributed by atoms with van der Waals surface area (Å²) in [6.07, 6.45) is 2.70. The van der Waals surface area contributed by atoms with E-state index in [0.717, 1.165) is 41.4 Å². The first-order valence-corrected chi connectivity index (χ1v) is 7.41. The third-order valence-corrected chi connectivity index (χ3v) is 3.86. The van der Waals surface area contributed by atoms with Gasteiger partial charge in [0, 0.05) is 16.6 Å². The molecule has 4 heteroatoms. The van der Waals surface area contributed by atoms with Gasteiger partial charge in [-0.2, -0.15) is 0 Å². The van der Waals surface area contributed by atoms with Gasteiger partial charge in [-0.1, -0.05) is 0 Å². The second-order valence-corrected chi connectivity index (χ2v) is 6.73. The number of aryl methyl sites for hydroxylation is 1. The van der Waals surface area contributed by atoms with Crippen LogP contribution in [0.5, 0.6) is 5.75 Å². The number of aromatic hydroxyl groups is 1. The largest absolute Gasteiger partial charge is 0.508 e. The molecule has 1 unspecified atom stereocenters. The normalized spacial score (nSPS) is 18.5. The third-order valence-electron chi connectivity index (χ3n) is 3.86. The molecule has 0 radical (unpaired) electrons. The third kappa shape index (κ3) is 2.62. The number of phenolic OH excluding ortho intramolecular Hbond substituents is 1. The summed E-state index contributed by atoms with van der Waals surface area (Å²) in [5.74, 6) is -0.200. The number of benzene rings is 1. The highest BCUT2D eigenvalue weighted by Crippen LogP contribution is 2.39. The van der Waals surface area contributed by atoms with Crippen molar-refractivity contribution < 1.29 is 14.6 Å². The van der Waals surface area contributed by atoms with E-state index in [1.807, 2.05) is 26.8 Å². The molecule has 0 saturated carbocycles. The van der Waals surface area contributed by atoms with Crippen LogP contribution in [0.3, 0.4) is 0 Å². The molecule has 2 N–H and O–H groups in total. The summed E-state index contributed by atoms with van der Waals surface area (Å²) in [5.41, 5.74) is 2.58. The number of phenols is 1. The Morgan fingerprint density at radius 2 is 2.14 bits per heavy atom. The van der Waals surface area contributed by atoms with Crippen molar-refractivity contribution in [2.24, 2.45) is 0 Å². The van der Waals surface area contributed by atoms with Gasteiger partial charge in [-0.3, -0.25) is 4.79 Å². The van der Waals surface area contributed by atoms with Crippen LogP contribution in [0, 0.1) is 0 Å². The summed E-state index contributed by atoms with van der Waals surface area (Å²) in [6, 6.07) is 5.25. The Morgan fingerprint density at radius 1 is 1.38 bits per heavy atom. The maximum atomic E-state index is 12.5. The molecule has 0 saturated heterocycles. The van der Waals surface area contributed by atoms with Gasteiger partial charge in [0.05, 0.1) is 5.92 Å². The van der Waals surface area contributed by atoms with Gasteiger partial charge in [0.2, 0.25) is 0 Å². The highest BCUT2D eigenvalue weighted by Gasteiger charge is 2.33. The van der Waals surface area contributed by atoms with Crippen LogP contribution in [0.15, 0.2) is 18.2 Å². The lowest BCUT2D eigenvalue weighted by molar-refractivity contribution is -0.157. The molecule has 0 amide bonds. The monoisotopic (exact) mass is 287 g/mol. The molecule has 1 heterocycles. The van der Waals surface area contributed by atoms with Crippen LogP contribution in [0.2, 0.25) is 0 Å². The number of fused-ring (bicyclic) bond motifs is 3. The number of rotatable bonds is 1. The van der Waals surface area contributed by atoms with Crippen LogP contribution < -0.4 is 0 Å². The van der Waals surface area contributed by atoms with E-state index in [4.69, 9.17) is 4.74 Å². The zero-order chi connectivity index (χ0) is 15.2. The van der Waals surface area contributed by atoms with Gasteiger partial charge in [0.1, 0.15) is 11.4 Å². The SMILES string of the molecule is CC(C)(C)OC(=O)C1CCCc2[nH]c3ccc(O)cc3c21. The Labute approximate surface area is 124 Å². The number of H-pyrrole nitrogens is 1. The van der Waals surface area contributed by atoms with Crippen LogP contribution in [0.4, 0.5) is 0 Å². The number of ether oxygens (including phenoxy) is 1. The average Bonchev–Trinajstić information content (AvgIpc) is 2.74. The van der Waals surface area contributed by atoms with Crippen molar-refractivity contribution in [2.75, 3.05) is 0 Å². The highest BCUT2D eigenvalue weighted by molar-refractivity contribution is 5.92. The Bertz CT molecular complexity index is 694. The minimum Gasteiger partial charge on any atom is -0.508 e. The molecule has 0 bridgehead atoms. The van der Waals surface area contributed by atoms with Crippen molar-refractivity contribution in [1.29, 1.82) is 0 Å². The molecule has 112 valence electrons. The van der Waals surface area contributed by atoms with Gasteiger partial charge in [-0.25, -0.2) is 0 Å². The van der Waals surface area contributed by atoms with E-state index in [2.05, 4.69) is 4.98 Å². The van der Waals surface area contributed by atoms with E-state index >= 15 is 0 Å². The average molecular weight is 287 g/mol. The van der Waals surface area contributed by atoms with Crippen molar-refractivity contribution >= 4 is 16.9 Å². The van der Waals surface area contributed by atoms with Gasteiger partial charge in [0.15, 0.2) is 0 Å². The number of esters is 1. The molecule has 1 atom stereocenters. The van der Waals surface area contributed by atoms with Gasteiger partial charge < -0.3 is 14.8 Å². The molecule has 4 nitrogen and oxygen atoms in total. The lowest BCUT2D eigenvalue weighted by Gasteiger charge is -2.26. The number of aromatic nitrogens is 1. The van der Waals surface area contributed by atoms with Crippen LogP contribution in [0.25, 0.3) is 10.9 Å². The second kappa shape index (κ2) is 4.79. The summed E-state index contributed by atoms with van der Waals surface area (Å²) in [6.45, 7) is 5.65. The standard InChI is InChI=1S/C17H21NO3/c1-17(2,3)21-16(20)11-5-4-6-14-15(11)12-9-10(19)7-8-13(12)18-14/h7-9,11,18-19H,4-6H2,1-3H3. The lowest BCUT2D eigenvalue weighted by Crippen LogP contribution is -2.29. The minimum absolute atomic E-state index is 0.173. The predicted octanol–water partition coefficient (Wildman–Crippen LogP) is 3.64. The Kier molecular flexibility index (Phi) is 3.19. The summed E-state index contributed by atoms with van der Waals surface area (Å²) in [7, 11) is 0. The van der Waals surface area contributed by atoms with Crippen LogP contribution >= 0.6 is 0 Å². The first-order valence-electron chi connectivity index (χ1n) is 7.41. The van der Waals surface area contributed by atoms with Gasteiger partial charge in [-0.15, -0.1) is 0 Å². The molecule has 3 rings (SSSR count). The van der Waals surface area contributed by atoms with E-state index in [-0.39, 0.29) is 17.6 Å². The Hall–Kier alpha value is -1.97. The summed E-state index contributed by atoms with van der Waals surface area (Å²) >= 11 is 0. The Morgan fingerprint density at radius 3 is 2.86 bits per heavy atom. The van der Waals surface area contributed by atoms with Crippen molar-refractivity contribution in [1.82, 2.24) is 4.98 Å². The molecule has 1 aliphatic carbocycles. The predicted molar refractivity (Wildman–Crippen MR) is 81.5 cm³/mol. The molecular weight excluding hydrogens is 266 g/mol. The van der Waals surface area contributed by atoms with E-state index in [0.29, 0.717) is 0 Å². The van der Waals surface area contributed by atoms with E-state index in [1.165, 1.54) is 0 Å². The molecule has 0 fully saturated rings. The summed E-state index contributed by atoms with van der Waals surface area (Å²) in [5, 5.41) is 10.7. The van der Waals surface area contributed by atoms with Crippen molar-refractivity contribution in [3.63, 3.8) is 0 Å². The zero-order valence-corrected chi connectivity index (χ0v) is 12.7. The molecule has 1 aromatic heterocycles. The fraction of sp³-hybridized carbons (Fsp3) is 0.471. The highest BCUT2D eigenvalue weighted by atomic mass is 16.6. The van der Waals surface area contributed by atoms with Crippen molar-refractivity contribution in [2.45, 2.75) is 51.6 Å². The molecule has 1 aromatic carbocycles. The number of nitrogens with one attached hydrogen (secondary N) is 1. The van der Waals surface area contributed by atoms with Crippen LogP contribution in [-0.2, 0) is 16.0 Å². The van der Waals surface area contributed by atoms with Gasteiger partial charge in [0.25, 0.3) is 0 Å². The first-order chi connectivity index (χ1) is 9.85. The van der Waals surface area contributed by atoms with Crippen molar-refractivity contribution in [3.05, 3.63) is 29.5 Å². The summed E-state index contributed by atoms with van der Waals surface area (Å²) < 4.78 is 5.57. The van der Waals surface area contributed by atoms with Crippen molar-refractivity contribution in [3.8, 4) is 5.75 Å². The lowest BCUT2D eigenvalue weighted by atomic mass is 9.85. The van der Waals surface area contributed by atoms with Gasteiger partial charge >= 0.3 is 5.97 Å². The number of aromatic amines is 1. The Balaban J connectivity index is 2.06. The fourth-order valence-electron chi connectivity index (χ4n) is 3.09. The van der Waals surface area contributed by atoms with E-state index in [1.54, 1.807) is 12.1 Å². The van der Waals surface area contributed by atoms with Gasteiger partial charge in [-0.05, 0) is 63.8 Å². The zero-order valence-electron chi connectivity index (χ0n) is 12.7. The van der Waals surface area contributed by atoms with Crippen LogP contribution in [0.1, 0.15) is 50.8 Å². The molecule has 0 aliphatic heterocycles. The topological polar surface area (TPSA) is 62.3 Å². The fourth-order valence-corrected chi connectivity index (χ4v) is 3.09.